The number of rotatable bonds is 1. The van der Waals surface area contributed by atoms with Gasteiger partial charge in [0.25, 0.3) is 12.2 Å². The van der Waals surface area contributed by atoms with Crippen LogP contribution in [0.3, 0.4) is 0 Å². The predicted molar refractivity (Wildman–Crippen MR) is 86.8 cm³/mol. The van der Waals surface area contributed by atoms with Crippen LogP contribution in [0.25, 0.3) is 0 Å². The lowest BCUT2D eigenvalue weighted by Gasteiger charge is -2.18. The fraction of sp³-hybridized carbons (Fsp3) is 0.125. The largest absolute Gasteiger partial charge is 0.311 e. The Morgan fingerprint density at radius 2 is 1.73 bits per heavy atom. The van der Waals surface area contributed by atoms with E-state index in [1.54, 1.807) is 42.5 Å². The van der Waals surface area contributed by atoms with E-state index in [4.69, 9.17) is 23.2 Å². The molecule has 3 rings (SSSR count). The van der Waals surface area contributed by atoms with E-state index in [1.165, 1.54) is 11.9 Å². The second-order valence-corrected chi connectivity index (χ2v) is 5.75. The number of benzene rings is 2. The molecule has 2 aromatic rings. The van der Waals surface area contributed by atoms with Crippen LogP contribution in [-0.4, -0.2) is 25.0 Å². The van der Waals surface area contributed by atoms with Gasteiger partial charge in [0.05, 0.1) is 11.4 Å². The SMILES string of the molecule is CN1C(=O)C(F)N=C(c2ccc(Cl)cc2)c2cc(Cl)ccc21. The molecular formula is C16H11Cl2FN2O. The molecular weight excluding hydrogens is 326 g/mol. The lowest BCUT2D eigenvalue weighted by molar-refractivity contribution is -0.122. The van der Waals surface area contributed by atoms with E-state index in [2.05, 4.69) is 4.99 Å². The zero-order valence-electron chi connectivity index (χ0n) is 11.6. The van der Waals surface area contributed by atoms with Crippen LogP contribution in [0, 0.1) is 0 Å². The molecule has 0 saturated carbocycles. The number of carbonyl (C=O) groups excluding carboxylic acids is 1. The van der Waals surface area contributed by atoms with Crippen molar-refractivity contribution in [2.75, 3.05) is 11.9 Å². The van der Waals surface area contributed by atoms with Crippen molar-refractivity contribution >= 4 is 40.5 Å². The van der Waals surface area contributed by atoms with Gasteiger partial charge in [-0.2, -0.15) is 0 Å². The van der Waals surface area contributed by atoms with Crippen LogP contribution >= 0.6 is 23.2 Å². The van der Waals surface area contributed by atoms with Crippen molar-refractivity contribution in [2.45, 2.75) is 6.30 Å². The summed E-state index contributed by atoms with van der Waals surface area (Å²) >= 11 is 11.9. The van der Waals surface area contributed by atoms with Gasteiger partial charge in [0.15, 0.2) is 0 Å². The van der Waals surface area contributed by atoms with Crippen LogP contribution in [0.1, 0.15) is 11.1 Å². The Bertz CT molecular complexity index is 774. The van der Waals surface area contributed by atoms with Crippen molar-refractivity contribution in [2.24, 2.45) is 4.99 Å². The van der Waals surface area contributed by atoms with Crippen LogP contribution in [0.2, 0.25) is 10.0 Å². The maximum atomic E-state index is 14.1. The molecule has 3 nitrogen and oxygen atoms in total. The van der Waals surface area contributed by atoms with Crippen molar-refractivity contribution in [1.29, 1.82) is 0 Å². The van der Waals surface area contributed by atoms with Crippen LogP contribution in [0.5, 0.6) is 0 Å². The van der Waals surface area contributed by atoms with Gasteiger partial charge in [-0.3, -0.25) is 4.79 Å². The highest BCUT2D eigenvalue weighted by molar-refractivity contribution is 6.32. The Hall–Kier alpha value is -1.91. The number of fused-ring (bicyclic) bond motifs is 1. The van der Waals surface area contributed by atoms with E-state index in [0.717, 1.165) is 0 Å². The number of likely N-dealkylation sites (N-methyl/N-ethyl adjacent to an activating group) is 1. The highest BCUT2D eigenvalue weighted by Gasteiger charge is 2.29. The summed E-state index contributed by atoms with van der Waals surface area (Å²) in [7, 11) is 1.52. The zero-order chi connectivity index (χ0) is 15.9. The summed E-state index contributed by atoms with van der Waals surface area (Å²) in [6, 6.07) is 11.8. The van der Waals surface area contributed by atoms with Crippen LogP contribution < -0.4 is 4.90 Å². The number of amides is 1. The first kappa shape index (κ1) is 15.0. The molecule has 0 N–H and O–H groups in total. The second kappa shape index (κ2) is 5.71. The van der Waals surface area contributed by atoms with Gasteiger partial charge in [0.1, 0.15) is 0 Å². The van der Waals surface area contributed by atoms with Crippen molar-refractivity contribution < 1.29 is 9.18 Å². The van der Waals surface area contributed by atoms with Crippen molar-refractivity contribution in [3.05, 3.63) is 63.6 Å². The minimum Gasteiger partial charge on any atom is -0.311 e. The Labute approximate surface area is 137 Å². The van der Waals surface area contributed by atoms with Crippen LogP contribution in [0.4, 0.5) is 10.1 Å². The van der Waals surface area contributed by atoms with Gasteiger partial charge in [-0.1, -0.05) is 35.3 Å². The first-order valence-corrected chi connectivity index (χ1v) is 7.28. The van der Waals surface area contributed by atoms with Crippen LogP contribution in [-0.2, 0) is 4.79 Å². The number of aliphatic imine (C=N–C) groups is 1. The van der Waals surface area contributed by atoms with Gasteiger partial charge >= 0.3 is 0 Å². The Morgan fingerprint density at radius 1 is 1.09 bits per heavy atom. The Balaban J connectivity index is 2.25. The molecule has 0 bridgehead atoms. The molecule has 0 saturated heterocycles. The average molecular weight is 337 g/mol. The number of halogens is 3. The van der Waals surface area contributed by atoms with E-state index < -0.39 is 12.2 Å². The maximum Gasteiger partial charge on any atom is 0.284 e. The third-order valence-corrected chi connectivity index (χ3v) is 3.96. The maximum absolute atomic E-state index is 14.1. The Morgan fingerprint density at radius 3 is 2.41 bits per heavy atom. The van der Waals surface area contributed by atoms with E-state index in [-0.39, 0.29) is 0 Å². The standard InChI is InChI=1S/C16H11Cl2FN2O/c1-21-13-7-6-11(18)8-12(13)14(20-15(19)16(21)22)9-2-4-10(17)5-3-9/h2-8,15H,1H3. The van der Waals surface area contributed by atoms with Crippen molar-refractivity contribution in [3.8, 4) is 0 Å². The van der Waals surface area contributed by atoms with E-state index in [1.807, 2.05) is 0 Å². The summed E-state index contributed by atoms with van der Waals surface area (Å²) < 4.78 is 14.1. The van der Waals surface area contributed by atoms with Crippen molar-refractivity contribution in [1.82, 2.24) is 0 Å². The third-order valence-electron chi connectivity index (χ3n) is 3.47. The molecule has 22 heavy (non-hydrogen) atoms. The molecule has 0 aromatic heterocycles. The smallest absolute Gasteiger partial charge is 0.284 e. The lowest BCUT2D eigenvalue weighted by atomic mass is 10.0. The molecule has 1 aliphatic rings. The van der Waals surface area contributed by atoms with E-state index in [9.17, 15) is 9.18 Å². The molecule has 0 aliphatic carbocycles. The first-order valence-electron chi connectivity index (χ1n) is 6.52. The summed E-state index contributed by atoms with van der Waals surface area (Å²) in [4.78, 5) is 17.2. The molecule has 1 aliphatic heterocycles. The summed E-state index contributed by atoms with van der Waals surface area (Å²) in [5.41, 5.74) is 2.20. The summed E-state index contributed by atoms with van der Waals surface area (Å²) in [5.74, 6) is -0.715. The predicted octanol–water partition coefficient (Wildman–Crippen LogP) is 4.10. The number of hydrogen-bond acceptors (Lipinski definition) is 2. The van der Waals surface area contributed by atoms with Gasteiger partial charge < -0.3 is 4.90 Å². The fourth-order valence-corrected chi connectivity index (χ4v) is 2.64. The Kier molecular flexibility index (Phi) is 3.89. The summed E-state index contributed by atoms with van der Waals surface area (Å²) in [6.45, 7) is 0. The second-order valence-electron chi connectivity index (χ2n) is 4.88. The number of carbonyl (C=O) groups is 1. The quantitative estimate of drug-likeness (QED) is 0.721. The molecule has 1 amide bonds. The van der Waals surface area contributed by atoms with Gasteiger partial charge in [0, 0.05) is 28.2 Å². The summed E-state index contributed by atoms with van der Waals surface area (Å²) in [5, 5.41) is 1.05. The molecule has 6 heteroatoms. The zero-order valence-corrected chi connectivity index (χ0v) is 13.1. The van der Waals surface area contributed by atoms with E-state index in [0.29, 0.717) is 32.6 Å². The average Bonchev–Trinajstić information content (AvgIpc) is 2.59. The van der Waals surface area contributed by atoms with Gasteiger partial charge in [0.2, 0.25) is 0 Å². The normalized spacial score (nSPS) is 17.8. The van der Waals surface area contributed by atoms with Gasteiger partial charge in [-0.15, -0.1) is 0 Å². The van der Waals surface area contributed by atoms with E-state index >= 15 is 0 Å². The molecule has 2 aromatic carbocycles. The molecule has 0 radical (unpaired) electrons. The van der Waals surface area contributed by atoms with Crippen molar-refractivity contribution in [3.63, 3.8) is 0 Å². The molecule has 1 unspecified atom stereocenters. The summed E-state index contributed by atoms with van der Waals surface area (Å²) in [6.07, 6.45) is -1.96. The molecule has 112 valence electrons. The van der Waals surface area contributed by atoms with Gasteiger partial charge in [-0.05, 0) is 30.3 Å². The molecule has 0 fully saturated rings. The number of nitrogens with zero attached hydrogens (tertiary/aromatic N) is 2. The molecule has 0 spiro atoms. The minimum absolute atomic E-state index is 0.374. The highest BCUT2D eigenvalue weighted by atomic mass is 35.5. The number of alkyl halides is 1. The number of anilines is 1. The number of hydrogen-bond donors (Lipinski definition) is 0. The lowest BCUT2D eigenvalue weighted by Crippen LogP contribution is -2.32. The fourth-order valence-electron chi connectivity index (χ4n) is 2.34. The third kappa shape index (κ3) is 2.60. The topological polar surface area (TPSA) is 32.7 Å². The molecule has 1 atom stereocenters. The first-order chi connectivity index (χ1) is 10.5. The minimum atomic E-state index is -1.96. The number of benzodiazepines with no additional fused rings is 1. The van der Waals surface area contributed by atoms with Crippen LogP contribution in [0.15, 0.2) is 47.5 Å². The molecule has 1 heterocycles. The highest BCUT2D eigenvalue weighted by Crippen LogP contribution is 2.30. The monoisotopic (exact) mass is 336 g/mol. The van der Waals surface area contributed by atoms with Gasteiger partial charge in [-0.25, -0.2) is 9.38 Å².